The fourth-order valence-corrected chi connectivity index (χ4v) is 5.42. The van der Waals surface area contributed by atoms with Gasteiger partial charge in [0.2, 0.25) is 0 Å². The molecular formula is C36H47F2N3O3. The van der Waals surface area contributed by atoms with Crippen LogP contribution in [0.3, 0.4) is 0 Å². The third kappa shape index (κ3) is 9.69. The Morgan fingerprint density at radius 1 is 0.841 bits per heavy atom. The Kier molecular flexibility index (Phi) is 13.0. The van der Waals surface area contributed by atoms with Gasteiger partial charge in [-0.05, 0) is 91.1 Å². The first-order chi connectivity index (χ1) is 20.9. The number of aliphatic hydroxyl groups is 1. The predicted octanol–water partition coefficient (Wildman–Crippen LogP) is 6.62. The lowest BCUT2D eigenvalue weighted by Gasteiger charge is -2.29. The van der Waals surface area contributed by atoms with Crippen molar-refractivity contribution in [1.29, 1.82) is 0 Å². The van der Waals surface area contributed by atoms with E-state index in [1.807, 2.05) is 32.9 Å². The van der Waals surface area contributed by atoms with Gasteiger partial charge in [0.25, 0.3) is 11.8 Å². The second-order valence-corrected chi connectivity index (χ2v) is 11.8. The van der Waals surface area contributed by atoms with E-state index in [2.05, 4.69) is 26.0 Å². The molecule has 0 aliphatic carbocycles. The van der Waals surface area contributed by atoms with Crippen LogP contribution < -0.4 is 5.73 Å². The summed E-state index contributed by atoms with van der Waals surface area (Å²) in [5, 5.41) is 11.2. The van der Waals surface area contributed by atoms with Crippen LogP contribution in [-0.2, 0) is 13.0 Å². The molecule has 0 spiro atoms. The van der Waals surface area contributed by atoms with Crippen LogP contribution in [0.15, 0.2) is 60.7 Å². The number of hydrogen-bond acceptors (Lipinski definition) is 4. The number of carbonyl (C=O) groups is 2. The van der Waals surface area contributed by atoms with E-state index in [0.29, 0.717) is 35.7 Å². The van der Waals surface area contributed by atoms with E-state index in [0.717, 1.165) is 42.0 Å². The van der Waals surface area contributed by atoms with Crippen molar-refractivity contribution in [2.45, 2.75) is 84.9 Å². The lowest BCUT2D eigenvalue weighted by Crippen LogP contribution is -2.46. The molecule has 44 heavy (non-hydrogen) atoms. The number of halogens is 2. The molecule has 0 aromatic heterocycles. The summed E-state index contributed by atoms with van der Waals surface area (Å²) in [7, 11) is 0. The third-order valence-electron chi connectivity index (χ3n) is 7.93. The molecule has 2 amide bonds. The van der Waals surface area contributed by atoms with Crippen molar-refractivity contribution in [3.05, 3.63) is 106 Å². The number of amides is 2. The second-order valence-electron chi connectivity index (χ2n) is 11.8. The molecule has 0 saturated carbocycles. The van der Waals surface area contributed by atoms with Crippen molar-refractivity contribution in [2.24, 2.45) is 5.73 Å². The minimum Gasteiger partial charge on any atom is -0.390 e. The summed E-state index contributed by atoms with van der Waals surface area (Å²) >= 11 is 0. The maximum absolute atomic E-state index is 14.1. The molecule has 3 aromatic carbocycles. The number of nitrogens with zero attached hydrogens (tertiary/aromatic N) is 2. The molecule has 1 unspecified atom stereocenters. The molecule has 3 atom stereocenters. The van der Waals surface area contributed by atoms with Crippen molar-refractivity contribution in [2.75, 3.05) is 19.6 Å². The zero-order valence-corrected chi connectivity index (χ0v) is 26.7. The van der Waals surface area contributed by atoms with Gasteiger partial charge in [-0.2, -0.15) is 0 Å². The average Bonchev–Trinajstić information content (AvgIpc) is 2.98. The van der Waals surface area contributed by atoms with Gasteiger partial charge in [-0.15, -0.1) is 0 Å². The molecule has 3 rings (SSSR count). The number of carbonyl (C=O) groups excluding carboxylic acids is 2. The number of hydrogen-bond donors (Lipinski definition) is 2. The molecule has 0 fully saturated rings. The molecule has 0 aliphatic rings. The van der Waals surface area contributed by atoms with Crippen molar-refractivity contribution in [1.82, 2.24) is 9.80 Å². The minimum absolute atomic E-state index is 0.0230. The molecule has 0 aliphatic heterocycles. The maximum Gasteiger partial charge on any atom is 0.254 e. The number of nitrogens with two attached hydrogens (primary N) is 1. The summed E-state index contributed by atoms with van der Waals surface area (Å²) in [5.41, 5.74) is 10.2. The first-order valence-electron chi connectivity index (χ1n) is 15.6. The van der Waals surface area contributed by atoms with E-state index < -0.39 is 23.8 Å². The van der Waals surface area contributed by atoms with Gasteiger partial charge in [0.15, 0.2) is 0 Å². The average molecular weight is 608 g/mol. The number of rotatable bonds is 15. The Balaban J connectivity index is 1.94. The molecule has 8 heteroatoms. The molecular weight excluding hydrogens is 560 g/mol. The zero-order chi connectivity index (χ0) is 32.4. The highest BCUT2D eigenvalue weighted by Gasteiger charge is 2.26. The van der Waals surface area contributed by atoms with Gasteiger partial charge in [-0.1, -0.05) is 52.0 Å². The monoisotopic (exact) mass is 607 g/mol. The standard InChI is InChI=1S/C36H47F2N3O3/c1-6-12-40(13-7-2)35(43)29-14-24(4)15-30(20-29)36(44)41(22-26-10-9-11-28(16-26)25(5)8-3)23-34(42)33(39)19-27-17-31(37)21-32(38)18-27/h9-11,14-18,20-21,25,33-34,42H,6-8,12-13,19,22-23,39H2,1-5H3/t25?,33-,34+/m0/s1. The topological polar surface area (TPSA) is 86.9 Å². The van der Waals surface area contributed by atoms with Crippen LogP contribution >= 0.6 is 0 Å². The number of benzene rings is 3. The van der Waals surface area contributed by atoms with E-state index in [1.165, 1.54) is 17.0 Å². The summed E-state index contributed by atoms with van der Waals surface area (Å²) in [4.78, 5) is 30.9. The Morgan fingerprint density at radius 2 is 1.43 bits per heavy atom. The van der Waals surface area contributed by atoms with Crippen LogP contribution in [0.1, 0.15) is 95.8 Å². The SMILES string of the molecule is CCCN(CCC)C(=O)c1cc(C)cc(C(=O)N(Cc2cccc(C(C)CC)c2)C[C@@H](O)[C@@H](N)Cc2cc(F)cc(F)c2)c1. The highest BCUT2D eigenvalue weighted by molar-refractivity contribution is 6.00. The first-order valence-corrected chi connectivity index (χ1v) is 15.6. The largest absolute Gasteiger partial charge is 0.390 e. The molecule has 238 valence electrons. The zero-order valence-electron chi connectivity index (χ0n) is 26.7. The molecule has 3 aromatic rings. The predicted molar refractivity (Wildman–Crippen MR) is 172 cm³/mol. The van der Waals surface area contributed by atoms with Crippen LogP contribution in [0.4, 0.5) is 8.78 Å². The van der Waals surface area contributed by atoms with E-state index in [1.54, 1.807) is 23.1 Å². The van der Waals surface area contributed by atoms with Gasteiger partial charge < -0.3 is 20.6 Å². The highest BCUT2D eigenvalue weighted by Crippen LogP contribution is 2.22. The molecule has 3 N–H and O–H groups in total. The van der Waals surface area contributed by atoms with Crippen molar-refractivity contribution in [3.8, 4) is 0 Å². The minimum atomic E-state index is -1.18. The molecule has 0 radical (unpaired) electrons. The Hall–Kier alpha value is -3.62. The summed E-state index contributed by atoms with van der Waals surface area (Å²) in [6.07, 6.45) is 1.46. The summed E-state index contributed by atoms with van der Waals surface area (Å²) in [5.74, 6) is -1.58. The highest BCUT2D eigenvalue weighted by atomic mass is 19.1. The summed E-state index contributed by atoms with van der Waals surface area (Å²) < 4.78 is 27.6. The smallest absolute Gasteiger partial charge is 0.254 e. The van der Waals surface area contributed by atoms with E-state index in [9.17, 15) is 23.5 Å². The van der Waals surface area contributed by atoms with Gasteiger partial charge in [-0.25, -0.2) is 8.78 Å². The normalized spacial score (nSPS) is 13.3. The Labute approximate surface area is 260 Å². The van der Waals surface area contributed by atoms with Crippen LogP contribution in [0.25, 0.3) is 0 Å². The quantitative estimate of drug-likeness (QED) is 0.203. The summed E-state index contributed by atoms with van der Waals surface area (Å²) in [6.45, 7) is 11.5. The van der Waals surface area contributed by atoms with Crippen molar-refractivity contribution in [3.63, 3.8) is 0 Å². The number of aryl methyl sites for hydroxylation is 1. The van der Waals surface area contributed by atoms with Gasteiger partial charge in [-0.3, -0.25) is 9.59 Å². The molecule has 0 bridgehead atoms. The molecule has 6 nitrogen and oxygen atoms in total. The van der Waals surface area contributed by atoms with Gasteiger partial charge in [0, 0.05) is 49.4 Å². The maximum atomic E-state index is 14.1. The third-order valence-corrected chi connectivity index (χ3v) is 7.93. The van der Waals surface area contributed by atoms with E-state index in [-0.39, 0.29) is 31.3 Å². The Bertz CT molecular complexity index is 1390. The lowest BCUT2D eigenvalue weighted by molar-refractivity contribution is 0.0554. The van der Waals surface area contributed by atoms with Crippen LogP contribution in [-0.4, -0.2) is 58.5 Å². The number of aliphatic hydroxyl groups excluding tert-OH is 1. The van der Waals surface area contributed by atoms with Gasteiger partial charge >= 0.3 is 0 Å². The fourth-order valence-electron chi connectivity index (χ4n) is 5.42. The van der Waals surface area contributed by atoms with Crippen molar-refractivity contribution >= 4 is 11.8 Å². The fraction of sp³-hybridized carbons (Fsp3) is 0.444. The molecule has 0 saturated heterocycles. The van der Waals surface area contributed by atoms with Gasteiger partial charge in [0.1, 0.15) is 11.6 Å². The first kappa shape index (κ1) is 34.9. The van der Waals surface area contributed by atoms with E-state index in [4.69, 9.17) is 5.73 Å². The van der Waals surface area contributed by atoms with Crippen LogP contribution in [0.5, 0.6) is 0 Å². The van der Waals surface area contributed by atoms with Gasteiger partial charge in [0.05, 0.1) is 6.10 Å². The molecule has 0 heterocycles. The Morgan fingerprint density at radius 3 is 2.00 bits per heavy atom. The van der Waals surface area contributed by atoms with E-state index >= 15 is 0 Å². The summed E-state index contributed by atoms with van der Waals surface area (Å²) in [6, 6.07) is 15.4. The second kappa shape index (κ2) is 16.5. The van der Waals surface area contributed by atoms with Crippen molar-refractivity contribution < 1.29 is 23.5 Å². The van der Waals surface area contributed by atoms with Crippen LogP contribution in [0.2, 0.25) is 0 Å². The van der Waals surface area contributed by atoms with Crippen LogP contribution in [0, 0.1) is 18.6 Å². The lowest BCUT2D eigenvalue weighted by atomic mass is 9.96.